The molecule has 0 bridgehead atoms. The Bertz CT molecular complexity index is 492. The average molecular weight is 416 g/mol. The van der Waals surface area contributed by atoms with Gasteiger partial charge in [-0.25, -0.2) is 0 Å². The number of rotatable bonds is 0. The van der Waals surface area contributed by atoms with Crippen LogP contribution in [0.5, 0.6) is 0 Å². The van der Waals surface area contributed by atoms with Crippen molar-refractivity contribution in [3.63, 3.8) is 0 Å². The van der Waals surface area contributed by atoms with Crippen LogP contribution in [0.1, 0.15) is 65.2 Å². The van der Waals surface area contributed by atoms with Crippen LogP contribution in [-0.2, 0) is 4.79 Å². The van der Waals surface area contributed by atoms with Crippen LogP contribution in [0.4, 0.5) is 0 Å². The van der Waals surface area contributed by atoms with E-state index in [4.69, 9.17) is 0 Å². The third-order valence-electron chi connectivity index (χ3n) is 8.34. The molecule has 0 aromatic rings. The molecule has 0 amide bonds. The average Bonchev–Trinajstić information content (AvgIpc) is 2.72. The summed E-state index contributed by atoms with van der Waals surface area (Å²) < 4.78 is 0.255. The van der Waals surface area contributed by atoms with Gasteiger partial charge in [0.25, 0.3) is 0 Å². The molecule has 4 rings (SSSR count). The van der Waals surface area contributed by atoms with E-state index in [0.717, 1.165) is 37.5 Å². The van der Waals surface area contributed by atoms with E-state index < -0.39 is 0 Å². The predicted octanol–water partition coefficient (Wildman–Crippen LogP) is 4.37. The van der Waals surface area contributed by atoms with Gasteiger partial charge in [0.15, 0.2) is 5.78 Å². The molecule has 4 fully saturated rings. The van der Waals surface area contributed by atoms with Crippen LogP contribution in [0, 0.1) is 34.5 Å². The SMILES string of the molecule is C[C@]12CC[C@H](O)CC1CC[C@@H]1[C@@H]2CC[C@]2(C)C(=O)[C@H](I)C[C@@H]12. The summed E-state index contributed by atoms with van der Waals surface area (Å²) in [6.45, 7) is 4.79. The minimum atomic E-state index is -0.0599. The first-order valence-corrected chi connectivity index (χ1v) is 10.5. The van der Waals surface area contributed by atoms with Crippen molar-refractivity contribution in [3.05, 3.63) is 0 Å². The lowest BCUT2D eigenvalue weighted by atomic mass is 9.45. The van der Waals surface area contributed by atoms with Gasteiger partial charge in [-0.1, -0.05) is 36.4 Å². The molecule has 8 atom stereocenters. The molecule has 22 heavy (non-hydrogen) atoms. The van der Waals surface area contributed by atoms with Crippen molar-refractivity contribution in [2.75, 3.05) is 0 Å². The molecule has 0 aliphatic heterocycles. The maximum Gasteiger partial charge on any atom is 0.151 e. The van der Waals surface area contributed by atoms with Crippen LogP contribution in [0.3, 0.4) is 0 Å². The van der Waals surface area contributed by atoms with Crippen molar-refractivity contribution in [3.8, 4) is 0 Å². The quantitative estimate of drug-likeness (QED) is 0.470. The molecule has 0 heterocycles. The van der Waals surface area contributed by atoms with E-state index in [-0.39, 0.29) is 15.4 Å². The lowest BCUT2D eigenvalue weighted by molar-refractivity contribution is -0.142. The zero-order chi connectivity index (χ0) is 15.7. The fraction of sp³-hybridized carbons (Fsp3) is 0.947. The Morgan fingerprint density at radius 3 is 2.59 bits per heavy atom. The van der Waals surface area contributed by atoms with Gasteiger partial charge >= 0.3 is 0 Å². The summed E-state index contributed by atoms with van der Waals surface area (Å²) in [5, 5.41) is 10.1. The number of aliphatic hydroxyl groups excluding tert-OH is 1. The van der Waals surface area contributed by atoms with Crippen LogP contribution < -0.4 is 0 Å². The lowest BCUT2D eigenvalue weighted by Gasteiger charge is -2.60. The molecule has 4 aliphatic carbocycles. The normalized spacial score (nSPS) is 57.9. The highest BCUT2D eigenvalue weighted by molar-refractivity contribution is 14.1. The van der Waals surface area contributed by atoms with Gasteiger partial charge in [0, 0.05) is 5.41 Å². The summed E-state index contributed by atoms with van der Waals surface area (Å²) in [4.78, 5) is 12.7. The first kappa shape index (κ1) is 15.9. The summed E-state index contributed by atoms with van der Waals surface area (Å²) >= 11 is 2.40. The predicted molar refractivity (Wildman–Crippen MR) is 95.9 cm³/mol. The summed E-state index contributed by atoms with van der Waals surface area (Å²) in [6.07, 6.45) is 9.22. The Labute approximate surface area is 148 Å². The summed E-state index contributed by atoms with van der Waals surface area (Å²) in [7, 11) is 0. The van der Waals surface area contributed by atoms with Gasteiger partial charge in [0.05, 0.1) is 10.0 Å². The maximum absolute atomic E-state index is 12.7. The topological polar surface area (TPSA) is 37.3 Å². The number of carbonyl (C=O) groups is 1. The van der Waals surface area contributed by atoms with Gasteiger partial charge in [-0.2, -0.15) is 0 Å². The van der Waals surface area contributed by atoms with Crippen molar-refractivity contribution in [1.82, 2.24) is 0 Å². The summed E-state index contributed by atoms with van der Waals surface area (Å²) in [5.74, 6) is 3.45. The van der Waals surface area contributed by atoms with E-state index in [2.05, 4.69) is 36.4 Å². The number of carbonyl (C=O) groups excluding carboxylic acids is 1. The van der Waals surface area contributed by atoms with Crippen molar-refractivity contribution in [2.24, 2.45) is 34.5 Å². The Morgan fingerprint density at radius 1 is 1.05 bits per heavy atom. The van der Waals surface area contributed by atoms with Gasteiger partial charge in [-0.15, -0.1) is 0 Å². The van der Waals surface area contributed by atoms with Crippen LogP contribution in [0.2, 0.25) is 0 Å². The summed E-state index contributed by atoms with van der Waals surface area (Å²) in [5.41, 5.74) is 0.403. The molecule has 0 aromatic carbocycles. The first-order chi connectivity index (χ1) is 10.4. The highest BCUT2D eigenvalue weighted by atomic mass is 127. The third-order valence-corrected chi connectivity index (χ3v) is 9.41. The van der Waals surface area contributed by atoms with Gasteiger partial charge in [-0.3, -0.25) is 4.79 Å². The second-order valence-electron chi connectivity index (χ2n) is 9.11. The zero-order valence-corrected chi connectivity index (χ0v) is 16.0. The molecule has 0 spiro atoms. The highest BCUT2D eigenvalue weighted by Gasteiger charge is 2.61. The van der Waals surface area contributed by atoms with E-state index in [0.29, 0.717) is 23.0 Å². The molecule has 3 heteroatoms. The van der Waals surface area contributed by atoms with Crippen LogP contribution in [-0.4, -0.2) is 20.9 Å². The lowest BCUT2D eigenvalue weighted by Crippen LogP contribution is -2.54. The molecule has 0 saturated heterocycles. The van der Waals surface area contributed by atoms with Crippen molar-refractivity contribution < 1.29 is 9.90 Å². The molecule has 0 radical (unpaired) electrons. The molecular formula is C19H29IO2. The van der Waals surface area contributed by atoms with E-state index in [1.165, 1.54) is 25.7 Å². The molecule has 1 N–H and O–H groups in total. The van der Waals surface area contributed by atoms with E-state index >= 15 is 0 Å². The Balaban J connectivity index is 1.64. The van der Waals surface area contributed by atoms with Crippen LogP contribution in [0.15, 0.2) is 0 Å². The van der Waals surface area contributed by atoms with Crippen molar-refractivity contribution >= 4 is 28.4 Å². The number of Topliss-reactive ketones (excluding diaryl/α,β-unsaturated/α-hetero) is 1. The second kappa shape index (κ2) is 5.18. The van der Waals surface area contributed by atoms with E-state index in [9.17, 15) is 9.90 Å². The maximum atomic E-state index is 12.7. The Hall–Kier alpha value is 0.360. The Morgan fingerprint density at radius 2 is 1.82 bits per heavy atom. The zero-order valence-electron chi connectivity index (χ0n) is 13.9. The smallest absolute Gasteiger partial charge is 0.151 e. The Kier molecular flexibility index (Phi) is 3.73. The standard InChI is InChI=1S/C19H29IO2/c1-18-7-5-12(21)9-11(18)3-4-13-14(18)6-8-19(2)15(13)10-16(20)17(19)22/h11-16,21H,3-10H2,1-2H3/t11?,12-,13+,14-,15-,16+,18-,19-/m0/s1. The number of aliphatic hydroxyl groups is 1. The monoisotopic (exact) mass is 416 g/mol. The number of hydrogen-bond acceptors (Lipinski definition) is 2. The molecule has 4 aliphatic rings. The fourth-order valence-electron chi connectivity index (χ4n) is 6.98. The van der Waals surface area contributed by atoms with E-state index in [1.54, 1.807) is 0 Å². The minimum absolute atomic E-state index is 0.0234. The highest BCUT2D eigenvalue weighted by Crippen LogP contribution is 2.65. The van der Waals surface area contributed by atoms with Crippen LogP contribution in [0.25, 0.3) is 0 Å². The van der Waals surface area contributed by atoms with E-state index in [1.807, 2.05) is 0 Å². The molecule has 2 nitrogen and oxygen atoms in total. The molecule has 4 saturated carbocycles. The van der Waals surface area contributed by atoms with Gasteiger partial charge < -0.3 is 5.11 Å². The first-order valence-electron chi connectivity index (χ1n) is 9.23. The summed E-state index contributed by atoms with van der Waals surface area (Å²) in [6, 6.07) is 0. The number of alkyl halides is 1. The second-order valence-corrected chi connectivity index (χ2v) is 10.6. The van der Waals surface area contributed by atoms with Gasteiger partial charge in [0.2, 0.25) is 0 Å². The largest absolute Gasteiger partial charge is 0.393 e. The number of ketones is 1. The molecule has 1 unspecified atom stereocenters. The van der Waals surface area contributed by atoms with Crippen LogP contribution >= 0.6 is 22.6 Å². The molecule has 0 aromatic heterocycles. The number of fused-ring (bicyclic) bond motifs is 5. The molecule has 124 valence electrons. The number of hydrogen-bond donors (Lipinski definition) is 1. The van der Waals surface area contributed by atoms with Gasteiger partial charge in [-0.05, 0) is 80.5 Å². The van der Waals surface area contributed by atoms with Crippen molar-refractivity contribution in [2.45, 2.75) is 75.2 Å². The number of halogens is 1. The third kappa shape index (κ3) is 2.03. The van der Waals surface area contributed by atoms with Gasteiger partial charge in [0.1, 0.15) is 0 Å². The minimum Gasteiger partial charge on any atom is -0.393 e. The fourth-order valence-corrected chi connectivity index (χ4v) is 8.24. The molecular weight excluding hydrogens is 387 g/mol. The van der Waals surface area contributed by atoms with Crippen molar-refractivity contribution in [1.29, 1.82) is 0 Å².